The van der Waals surface area contributed by atoms with Crippen molar-refractivity contribution in [2.45, 2.75) is 87.6 Å². The molecule has 1 aromatic heterocycles. The Bertz CT molecular complexity index is 2110. The summed E-state index contributed by atoms with van der Waals surface area (Å²) < 4.78 is 0. The lowest BCUT2D eigenvalue weighted by Gasteiger charge is -2.27. The number of thioether (sulfide) groups is 2. The van der Waals surface area contributed by atoms with Gasteiger partial charge in [0.2, 0.25) is 35.4 Å². The molecule has 63 heavy (non-hydrogen) atoms. The Balaban J connectivity index is 1.56. The van der Waals surface area contributed by atoms with Gasteiger partial charge in [0.25, 0.3) is 0 Å². The number of aromatic amines is 1. The van der Waals surface area contributed by atoms with E-state index in [1.165, 1.54) is 35.7 Å². The quantitative estimate of drug-likeness (QED) is 0.0385. The number of amides is 6. The number of hydrogen-bond donors (Lipinski definition) is 10. The van der Waals surface area contributed by atoms with Crippen molar-refractivity contribution in [3.05, 3.63) is 102 Å². The predicted molar refractivity (Wildman–Crippen MR) is 250 cm³/mol. The third kappa shape index (κ3) is 16.3. The van der Waals surface area contributed by atoms with Crippen LogP contribution in [0.3, 0.4) is 0 Å². The fourth-order valence-electron chi connectivity index (χ4n) is 6.92. The molecule has 0 unspecified atom stereocenters. The molecular formula is C45H61N9O7S2. The molecule has 18 heteroatoms. The normalized spacial score (nSPS) is 14.0. The average Bonchev–Trinajstić information content (AvgIpc) is 3.68. The summed E-state index contributed by atoms with van der Waals surface area (Å²) in [6.45, 7) is 0.366. The highest BCUT2D eigenvalue weighted by atomic mass is 32.2. The Labute approximate surface area is 376 Å². The zero-order valence-corrected chi connectivity index (χ0v) is 37.4. The van der Waals surface area contributed by atoms with Gasteiger partial charge >= 0.3 is 0 Å². The van der Waals surface area contributed by atoms with Crippen LogP contribution < -0.4 is 43.8 Å². The summed E-state index contributed by atoms with van der Waals surface area (Å²) in [5.74, 6) is -2.85. The minimum absolute atomic E-state index is 0.00439. The van der Waals surface area contributed by atoms with Gasteiger partial charge in [-0.2, -0.15) is 23.5 Å². The van der Waals surface area contributed by atoms with E-state index in [1.54, 1.807) is 42.6 Å². The molecule has 340 valence electrons. The number of phenolic OH excluding ortho intramolecular Hbond substituents is 1. The van der Waals surface area contributed by atoms with Crippen molar-refractivity contribution in [3.8, 4) is 5.75 Å². The number of para-hydroxylation sites is 1. The van der Waals surface area contributed by atoms with Gasteiger partial charge in [0.05, 0.1) is 6.04 Å². The molecule has 6 amide bonds. The summed E-state index contributed by atoms with van der Waals surface area (Å²) in [6, 6.07) is 16.2. The van der Waals surface area contributed by atoms with E-state index in [4.69, 9.17) is 17.2 Å². The van der Waals surface area contributed by atoms with Gasteiger partial charge in [-0.15, -0.1) is 0 Å². The molecule has 13 N–H and O–H groups in total. The Morgan fingerprint density at radius 2 is 1.10 bits per heavy atom. The van der Waals surface area contributed by atoms with Crippen molar-refractivity contribution < 1.29 is 33.9 Å². The number of fused-ring (bicyclic) bond motifs is 1. The molecule has 0 saturated carbocycles. The number of benzene rings is 3. The zero-order chi connectivity index (χ0) is 45.7. The largest absolute Gasteiger partial charge is 0.508 e. The first kappa shape index (κ1) is 50.1. The van der Waals surface area contributed by atoms with Crippen LogP contribution in [-0.4, -0.2) is 112 Å². The molecule has 0 aliphatic rings. The second-order valence-corrected chi connectivity index (χ2v) is 17.3. The number of rotatable bonds is 27. The highest BCUT2D eigenvalue weighted by molar-refractivity contribution is 7.98. The standard InChI is InChI=1S/C45H61N9O7S2/c1-62-22-19-35(40(48)56)50-44(60)38(24-28-10-4-3-5-11-28)54-43(59)37(20-23-63-2)52-45(61)39(25-29-15-17-31(55)18-16-29)53-42(58)36(14-8-9-21-46)51-41(57)33(47)26-30-27-49-34-13-7-6-12-32(30)34/h3-7,10-13,15-18,27,33,35-39,49,55H,8-9,14,19-26,46-47H2,1-2H3,(H2,48,56)(H,50,60)(H,51,57)(H,52,61)(H,53,58)(H,54,59)/t33-,35+,36-,37-,38-,39-/m0/s1. The highest BCUT2D eigenvalue weighted by Crippen LogP contribution is 2.19. The van der Waals surface area contributed by atoms with Crippen molar-refractivity contribution in [1.82, 2.24) is 31.6 Å². The van der Waals surface area contributed by atoms with Gasteiger partial charge in [-0.25, -0.2) is 0 Å². The Morgan fingerprint density at radius 1 is 0.603 bits per heavy atom. The average molecular weight is 904 g/mol. The maximum atomic E-state index is 14.3. The fourth-order valence-corrected chi connectivity index (χ4v) is 7.86. The van der Waals surface area contributed by atoms with Crippen LogP contribution in [-0.2, 0) is 48.0 Å². The van der Waals surface area contributed by atoms with Crippen LogP contribution in [0.25, 0.3) is 10.9 Å². The van der Waals surface area contributed by atoms with Gasteiger partial charge in [-0.05, 0) is 104 Å². The lowest BCUT2D eigenvalue weighted by atomic mass is 10.0. The molecule has 1 heterocycles. The molecule has 4 aromatic rings. The third-order valence-corrected chi connectivity index (χ3v) is 11.8. The third-order valence-electron chi connectivity index (χ3n) is 10.5. The van der Waals surface area contributed by atoms with Crippen molar-refractivity contribution in [2.24, 2.45) is 17.2 Å². The Hall–Kier alpha value is -5.56. The SMILES string of the molecule is CSCC[C@H](NC(=O)[C@H](Cc1ccc(O)cc1)NC(=O)[C@H](CCCCN)NC(=O)[C@@H](N)Cc1c[nH]c2ccccc12)C(=O)N[C@@H](Cc1ccccc1)C(=O)N[C@H](CCSC)C(N)=O. The number of hydrogen-bond acceptors (Lipinski definition) is 11. The van der Waals surface area contributed by atoms with Crippen LogP contribution in [0.5, 0.6) is 5.75 Å². The van der Waals surface area contributed by atoms with Crippen LogP contribution in [0.2, 0.25) is 0 Å². The van der Waals surface area contributed by atoms with Crippen LogP contribution in [0.1, 0.15) is 48.8 Å². The van der Waals surface area contributed by atoms with Gasteiger partial charge in [-0.3, -0.25) is 28.8 Å². The van der Waals surface area contributed by atoms with Gasteiger partial charge < -0.3 is 53.9 Å². The number of nitrogens with one attached hydrogen (secondary N) is 6. The number of aromatic hydroxyl groups is 1. The number of nitrogens with two attached hydrogens (primary N) is 3. The molecule has 0 fully saturated rings. The summed E-state index contributed by atoms with van der Waals surface area (Å²) >= 11 is 2.94. The monoisotopic (exact) mass is 903 g/mol. The number of phenols is 1. The van der Waals surface area contributed by atoms with E-state index in [1.807, 2.05) is 42.8 Å². The zero-order valence-electron chi connectivity index (χ0n) is 35.8. The van der Waals surface area contributed by atoms with Crippen LogP contribution in [0.4, 0.5) is 0 Å². The van der Waals surface area contributed by atoms with Gasteiger partial charge in [0.1, 0.15) is 36.0 Å². The van der Waals surface area contributed by atoms with Crippen molar-refractivity contribution in [1.29, 1.82) is 0 Å². The number of primary amides is 1. The van der Waals surface area contributed by atoms with Gasteiger partial charge in [0, 0.05) is 29.9 Å². The molecule has 3 aromatic carbocycles. The Kier molecular flexibility index (Phi) is 20.8. The van der Waals surface area contributed by atoms with Crippen molar-refractivity contribution >= 4 is 69.9 Å². The molecule has 0 spiro atoms. The van der Waals surface area contributed by atoms with Crippen LogP contribution >= 0.6 is 23.5 Å². The van der Waals surface area contributed by atoms with Crippen LogP contribution in [0, 0.1) is 0 Å². The molecule has 0 bridgehead atoms. The number of unbranched alkanes of at least 4 members (excludes halogenated alkanes) is 1. The minimum Gasteiger partial charge on any atom is -0.508 e. The molecule has 4 rings (SSSR count). The topological polar surface area (TPSA) is 277 Å². The number of H-pyrrole nitrogens is 1. The molecule has 0 saturated heterocycles. The number of carbonyl (C=O) groups excluding carboxylic acids is 6. The first-order chi connectivity index (χ1) is 30.3. The molecule has 0 aliphatic carbocycles. The fraction of sp³-hybridized carbons (Fsp3) is 0.422. The van der Waals surface area contributed by atoms with E-state index in [2.05, 4.69) is 31.6 Å². The molecular weight excluding hydrogens is 843 g/mol. The van der Waals surface area contributed by atoms with Crippen LogP contribution in [0.15, 0.2) is 85.1 Å². The summed E-state index contributed by atoms with van der Waals surface area (Å²) in [5.41, 5.74) is 20.8. The van der Waals surface area contributed by atoms with E-state index in [0.717, 1.165) is 22.0 Å². The van der Waals surface area contributed by atoms with E-state index < -0.39 is 71.7 Å². The molecule has 0 radical (unpaired) electrons. The first-order valence-electron chi connectivity index (χ1n) is 20.9. The second-order valence-electron chi connectivity index (χ2n) is 15.3. The smallest absolute Gasteiger partial charge is 0.243 e. The van der Waals surface area contributed by atoms with Gasteiger partial charge in [0.15, 0.2) is 0 Å². The lowest BCUT2D eigenvalue weighted by molar-refractivity contribution is -0.135. The summed E-state index contributed by atoms with van der Waals surface area (Å²) in [7, 11) is 0. The minimum atomic E-state index is -1.25. The molecule has 0 aliphatic heterocycles. The summed E-state index contributed by atoms with van der Waals surface area (Å²) in [5, 5.41) is 24.8. The molecule has 6 atom stereocenters. The molecule has 16 nitrogen and oxygen atoms in total. The maximum absolute atomic E-state index is 14.3. The van der Waals surface area contributed by atoms with E-state index in [9.17, 15) is 33.9 Å². The lowest BCUT2D eigenvalue weighted by Crippen LogP contribution is -2.60. The second kappa shape index (κ2) is 26.2. The van der Waals surface area contributed by atoms with Crippen molar-refractivity contribution in [3.63, 3.8) is 0 Å². The maximum Gasteiger partial charge on any atom is 0.243 e. The first-order valence-corrected chi connectivity index (χ1v) is 23.7. The summed E-state index contributed by atoms with van der Waals surface area (Å²) in [6.07, 6.45) is 7.50. The van der Waals surface area contributed by atoms with Crippen molar-refractivity contribution in [2.75, 3.05) is 30.6 Å². The predicted octanol–water partition coefficient (Wildman–Crippen LogP) is 1.77. The van der Waals surface area contributed by atoms with E-state index in [-0.39, 0.29) is 37.9 Å². The number of carbonyl (C=O) groups is 6. The van der Waals surface area contributed by atoms with Gasteiger partial charge in [-0.1, -0.05) is 60.7 Å². The Morgan fingerprint density at radius 3 is 1.68 bits per heavy atom. The van der Waals surface area contributed by atoms with E-state index >= 15 is 0 Å². The highest BCUT2D eigenvalue weighted by Gasteiger charge is 2.33. The number of aromatic nitrogens is 1. The summed E-state index contributed by atoms with van der Waals surface area (Å²) in [4.78, 5) is 85.4. The van der Waals surface area contributed by atoms with E-state index in [0.29, 0.717) is 42.9 Å².